The van der Waals surface area contributed by atoms with Crippen LogP contribution in [0, 0.1) is 0 Å². The highest BCUT2D eigenvalue weighted by molar-refractivity contribution is 7.89. The van der Waals surface area contributed by atoms with E-state index in [9.17, 15) is 8.42 Å². The molecule has 0 fully saturated rings. The maximum atomic E-state index is 11.6. The smallest absolute Gasteiger partial charge is 0.214 e. The quantitative estimate of drug-likeness (QED) is 0.865. The van der Waals surface area contributed by atoms with Crippen molar-refractivity contribution in [2.24, 2.45) is 0 Å². The predicted molar refractivity (Wildman–Crippen MR) is 68.7 cm³/mol. The first kappa shape index (κ1) is 14.4. The number of ether oxygens (including phenoxy) is 1. The monoisotopic (exact) mass is 277 g/mol. The summed E-state index contributed by atoms with van der Waals surface area (Å²) < 4.78 is 30.6. The lowest BCUT2D eigenvalue weighted by atomic mass is 10.1. The van der Waals surface area contributed by atoms with Crippen LogP contribution in [0.5, 0.6) is 0 Å². The van der Waals surface area contributed by atoms with E-state index in [4.69, 9.17) is 16.3 Å². The Labute approximate surface area is 107 Å². The fourth-order valence-electron chi connectivity index (χ4n) is 1.34. The van der Waals surface area contributed by atoms with Crippen LogP contribution in [0.4, 0.5) is 0 Å². The summed E-state index contributed by atoms with van der Waals surface area (Å²) in [5, 5.41) is 0.628. The average Bonchev–Trinajstić information content (AvgIpc) is 2.26. The minimum atomic E-state index is -3.31. The zero-order chi connectivity index (χ0) is 12.9. The number of rotatable bonds is 6. The Morgan fingerprint density at radius 2 is 1.94 bits per heavy atom. The lowest BCUT2D eigenvalue weighted by molar-refractivity contribution is 0.216. The number of hydrogen-bond donors (Lipinski definition) is 1. The standard InChI is InChI=1S/C11H16ClNO3S/c1-9(10-3-5-11(12)6-4-10)13-17(14,15)8-7-16-2/h3-6,9,13H,7-8H2,1-2H3/t9-/m1/s1. The van der Waals surface area contributed by atoms with Crippen LogP contribution in [0.3, 0.4) is 0 Å². The molecule has 0 radical (unpaired) electrons. The van der Waals surface area contributed by atoms with Gasteiger partial charge in [-0.3, -0.25) is 0 Å². The number of hydrogen-bond acceptors (Lipinski definition) is 3. The number of methoxy groups -OCH3 is 1. The summed E-state index contributed by atoms with van der Waals surface area (Å²) >= 11 is 5.76. The maximum Gasteiger partial charge on any atom is 0.214 e. The van der Waals surface area contributed by atoms with Crippen LogP contribution in [0.2, 0.25) is 5.02 Å². The highest BCUT2D eigenvalue weighted by atomic mass is 35.5. The van der Waals surface area contributed by atoms with E-state index in [1.165, 1.54) is 7.11 Å². The molecule has 6 heteroatoms. The van der Waals surface area contributed by atoms with Crippen molar-refractivity contribution in [3.8, 4) is 0 Å². The highest BCUT2D eigenvalue weighted by Crippen LogP contribution is 2.16. The number of halogens is 1. The van der Waals surface area contributed by atoms with Gasteiger partial charge in [0.2, 0.25) is 10.0 Å². The number of sulfonamides is 1. The molecule has 4 nitrogen and oxygen atoms in total. The van der Waals surface area contributed by atoms with Crippen LogP contribution < -0.4 is 4.72 Å². The molecular formula is C11H16ClNO3S. The van der Waals surface area contributed by atoms with Crippen molar-refractivity contribution in [1.82, 2.24) is 4.72 Å². The molecule has 0 heterocycles. The van der Waals surface area contributed by atoms with E-state index in [0.717, 1.165) is 5.56 Å². The molecule has 1 aromatic rings. The van der Waals surface area contributed by atoms with Crippen molar-refractivity contribution in [2.45, 2.75) is 13.0 Å². The fraction of sp³-hybridized carbons (Fsp3) is 0.455. The summed E-state index contributed by atoms with van der Waals surface area (Å²) in [6, 6.07) is 6.78. The van der Waals surface area contributed by atoms with Crippen molar-refractivity contribution in [1.29, 1.82) is 0 Å². The summed E-state index contributed by atoms with van der Waals surface area (Å²) in [6.07, 6.45) is 0. The Balaban J connectivity index is 2.65. The molecule has 0 spiro atoms. The molecule has 1 N–H and O–H groups in total. The van der Waals surface area contributed by atoms with E-state index in [-0.39, 0.29) is 18.4 Å². The van der Waals surface area contributed by atoms with Crippen LogP contribution >= 0.6 is 11.6 Å². The summed E-state index contributed by atoms with van der Waals surface area (Å²) in [5.41, 5.74) is 0.871. The van der Waals surface area contributed by atoms with Crippen molar-refractivity contribution in [3.63, 3.8) is 0 Å². The largest absolute Gasteiger partial charge is 0.384 e. The van der Waals surface area contributed by atoms with Crippen LogP contribution in [0.25, 0.3) is 0 Å². The molecule has 1 atom stereocenters. The van der Waals surface area contributed by atoms with Gasteiger partial charge in [0.15, 0.2) is 0 Å². The maximum absolute atomic E-state index is 11.6. The van der Waals surface area contributed by atoms with Crippen molar-refractivity contribution >= 4 is 21.6 Å². The third-order valence-corrected chi connectivity index (χ3v) is 3.95. The summed E-state index contributed by atoms with van der Waals surface area (Å²) in [5.74, 6) is -0.0402. The van der Waals surface area contributed by atoms with Crippen molar-refractivity contribution < 1.29 is 13.2 Å². The lowest BCUT2D eigenvalue weighted by Crippen LogP contribution is -2.30. The van der Waals surface area contributed by atoms with Crippen molar-refractivity contribution in [3.05, 3.63) is 34.9 Å². The molecule has 0 aliphatic carbocycles. The van der Waals surface area contributed by atoms with Gasteiger partial charge in [-0.1, -0.05) is 23.7 Å². The Kier molecular flexibility index (Phi) is 5.39. The minimum absolute atomic E-state index is 0.0402. The third kappa shape index (κ3) is 5.04. The Bertz CT molecular complexity index is 444. The predicted octanol–water partition coefficient (Wildman–Crippen LogP) is 1.97. The second-order valence-electron chi connectivity index (χ2n) is 3.70. The molecule has 0 aliphatic heterocycles. The number of nitrogens with one attached hydrogen (secondary N) is 1. The fourth-order valence-corrected chi connectivity index (χ4v) is 2.65. The lowest BCUT2D eigenvalue weighted by Gasteiger charge is -2.14. The van der Waals surface area contributed by atoms with Crippen LogP contribution in [0.15, 0.2) is 24.3 Å². The van der Waals surface area contributed by atoms with Gasteiger partial charge in [-0.15, -0.1) is 0 Å². The molecule has 0 aliphatic rings. The van der Waals surface area contributed by atoms with Gasteiger partial charge in [0.1, 0.15) is 0 Å². The molecule has 96 valence electrons. The second kappa shape index (κ2) is 6.35. The van der Waals surface area contributed by atoms with E-state index >= 15 is 0 Å². The van der Waals surface area contributed by atoms with Gasteiger partial charge in [0.25, 0.3) is 0 Å². The molecular weight excluding hydrogens is 262 g/mol. The van der Waals surface area contributed by atoms with Crippen LogP contribution in [-0.2, 0) is 14.8 Å². The van der Waals surface area contributed by atoms with E-state index in [1.807, 2.05) is 0 Å². The molecule has 1 rings (SSSR count). The van der Waals surface area contributed by atoms with Crippen LogP contribution in [-0.4, -0.2) is 27.9 Å². The van der Waals surface area contributed by atoms with Gasteiger partial charge in [-0.05, 0) is 24.6 Å². The third-order valence-electron chi connectivity index (χ3n) is 2.28. The SMILES string of the molecule is COCCS(=O)(=O)N[C@H](C)c1ccc(Cl)cc1. The average molecular weight is 278 g/mol. The Morgan fingerprint density at radius 3 is 2.47 bits per heavy atom. The molecule has 0 saturated heterocycles. The first-order valence-corrected chi connectivity index (χ1v) is 7.22. The summed E-state index contributed by atoms with van der Waals surface area (Å²) in [7, 11) is -1.84. The zero-order valence-electron chi connectivity index (χ0n) is 9.81. The minimum Gasteiger partial charge on any atom is -0.384 e. The van der Waals surface area contributed by atoms with Gasteiger partial charge < -0.3 is 4.74 Å². The molecule has 1 aromatic carbocycles. The van der Waals surface area contributed by atoms with Gasteiger partial charge in [-0.2, -0.15) is 0 Å². The summed E-state index contributed by atoms with van der Waals surface area (Å²) in [4.78, 5) is 0. The molecule has 0 unspecified atom stereocenters. The van der Waals surface area contributed by atoms with E-state index in [1.54, 1.807) is 31.2 Å². The van der Waals surface area contributed by atoms with Gasteiger partial charge in [-0.25, -0.2) is 13.1 Å². The van der Waals surface area contributed by atoms with Gasteiger partial charge in [0.05, 0.1) is 12.4 Å². The molecule has 17 heavy (non-hydrogen) atoms. The Morgan fingerprint density at radius 1 is 1.35 bits per heavy atom. The molecule has 0 bridgehead atoms. The molecule has 0 aromatic heterocycles. The van der Waals surface area contributed by atoms with Crippen LogP contribution in [0.1, 0.15) is 18.5 Å². The first-order valence-electron chi connectivity index (χ1n) is 5.19. The highest BCUT2D eigenvalue weighted by Gasteiger charge is 2.15. The van der Waals surface area contributed by atoms with E-state index < -0.39 is 10.0 Å². The van der Waals surface area contributed by atoms with E-state index in [0.29, 0.717) is 5.02 Å². The zero-order valence-corrected chi connectivity index (χ0v) is 11.4. The molecule has 0 saturated carbocycles. The van der Waals surface area contributed by atoms with E-state index in [2.05, 4.69) is 4.72 Å². The number of benzene rings is 1. The normalized spacial score (nSPS) is 13.6. The summed E-state index contributed by atoms with van der Waals surface area (Å²) in [6.45, 7) is 1.97. The first-order chi connectivity index (χ1) is 7.94. The molecule has 0 amide bonds. The second-order valence-corrected chi connectivity index (χ2v) is 6.01. The van der Waals surface area contributed by atoms with Gasteiger partial charge in [0, 0.05) is 18.2 Å². The topological polar surface area (TPSA) is 55.4 Å². The van der Waals surface area contributed by atoms with Gasteiger partial charge >= 0.3 is 0 Å². The Hall–Kier alpha value is -0.620. The van der Waals surface area contributed by atoms with Crippen molar-refractivity contribution in [2.75, 3.05) is 19.5 Å².